The first-order chi connectivity index (χ1) is 12.6. The van der Waals surface area contributed by atoms with E-state index < -0.39 is 23.1 Å². The van der Waals surface area contributed by atoms with E-state index in [4.69, 9.17) is 16.0 Å². The van der Waals surface area contributed by atoms with Gasteiger partial charge in [-0.15, -0.1) is 0 Å². The Kier molecular flexibility index (Phi) is 5.51. The molecule has 2 aliphatic heterocycles. The lowest BCUT2D eigenvalue weighted by Gasteiger charge is -2.24. The lowest BCUT2D eigenvalue weighted by atomic mass is 9.98. The molecule has 0 amide bonds. The third-order valence-electron chi connectivity index (χ3n) is 4.27. The lowest BCUT2D eigenvalue weighted by molar-refractivity contribution is -0.151. The van der Waals surface area contributed by atoms with Crippen molar-refractivity contribution in [3.8, 4) is 5.75 Å². The number of thioether (sulfide) groups is 1. The topological polar surface area (TPSA) is 78.1 Å². The van der Waals surface area contributed by atoms with Crippen LogP contribution >= 0.6 is 23.4 Å². The molecule has 0 saturated heterocycles. The predicted molar refractivity (Wildman–Crippen MR) is 97.3 cm³/mol. The summed E-state index contributed by atoms with van der Waals surface area (Å²) in [6.07, 6.45) is -4.52. The zero-order chi connectivity index (χ0) is 19.9. The van der Waals surface area contributed by atoms with Crippen LogP contribution in [-0.4, -0.2) is 52.6 Å². The van der Waals surface area contributed by atoms with Crippen molar-refractivity contribution in [3.05, 3.63) is 38.5 Å². The van der Waals surface area contributed by atoms with Crippen molar-refractivity contribution in [3.63, 3.8) is 0 Å². The van der Waals surface area contributed by atoms with Crippen LogP contribution in [0.15, 0.2) is 31.0 Å². The summed E-state index contributed by atoms with van der Waals surface area (Å²) in [6.45, 7) is 1.81. The Balaban J connectivity index is 2.00. The minimum atomic E-state index is -4.53. The SMILES string of the molecule is Cc1cc(O)c(C2=NCCSC(C3=C(Cl)N(C)NC3C(F)(F)F)C2)c(=O)o1. The van der Waals surface area contributed by atoms with Gasteiger partial charge in [0.05, 0.1) is 5.71 Å². The van der Waals surface area contributed by atoms with Crippen LogP contribution in [0.2, 0.25) is 0 Å². The average molecular weight is 424 g/mol. The normalized spacial score (nSPS) is 24.2. The van der Waals surface area contributed by atoms with Crippen molar-refractivity contribution in [1.29, 1.82) is 0 Å². The lowest BCUT2D eigenvalue weighted by Crippen LogP contribution is -2.45. The first kappa shape index (κ1) is 20.1. The van der Waals surface area contributed by atoms with Crippen LogP contribution in [0.4, 0.5) is 13.2 Å². The second-order valence-corrected chi connectivity index (χ2v) is 7.87. The Morgan fingerprint density at radius 1 is 1.48 bits per heavy atom. The molecule has 2 atom stereocenters. The molecule has 11 heteroatoms. The molecule has 3 heterocycles. The van der Waals surface area contributed by atoms with Crippen LogP contribution in [0.1, 0.15) is 17.7 Å². The molecule has 0 radical (unpaired) electrons. The Morgan fingerprint density at radius 2 is 2.19 bits per heavy atom. The summed E-state index contributed by atoms with van der Waals surface area (Å²) in [6, 6.07) is -0.642. The van der Waals surface area contributed by atoms with E-state index in [1.165, 1.54) is 31.8 Å². The van der Waals surface area contributed by atoms with Crippen molar-refractivity contribution in [2.45, 2.75) is 30.8 Å². The Labute approximate surface area is 162 Å². The third kappa shape index (κ3) is 3.97. The maximum Gasteiger partial charge on any atom is 0.409 e. The fourth-order valence-corrected chi connectivity index (χ4v) is 4.66. The fraction of sp³-hybridized carbons (Fsp3) is 0.500. The highest BCUT2D eigenvalue weighted by Crippen LogP contribution is 2.41. The zero-order valence-electron chi connectivity index (χ0n) is 14.4. The maximum atomic E-state index is 13.5. The average Bonchev–Trinajstić information content (AvgIpc) is 2.71. The van der Waals surface area contributed by atoms with E-state index in [2.05, 4.69) is 10.4 Å². The molecule has 2 aliphatic rings. The molecule has 148 valence electrons. The molecule has 0 spiro atoms. The number of hydrazine groups is 1. The molecule has 1 aromatic heterocycles. The largest absolute Gasteiger partial charge is 0.507 e. The van der Waals surface area contributed by atoms with Gasteiger partial charge in [-0.1, -0.05) is 11.6 Å². The van der Waals surface area contributed by atoms with Crippen LogP contribution in [0.5, 0.6) is 5.75 Å². The number of hydrogen-bond acceptors (Lipinski definition) is 7. The summed E-state index contributed by atoms with van der Waals surface area (Å²) >= 11 is 7.44. The predicted octanol–water partition coefficient (Wildman–Crippen LogP) is 2.78. The van der Waals surface area contributed by atoms with Crippen molar-refractivity contribution in [1.82, 2.24) is 10.4 Å². The second kappa shape index (κ2) is 7.40. The number of halogens is 4. The Bertz CT molecular complexity index is 869. The summed E-state index contributed by atoms with van der Waals surface area (Å²) in [5.41, 5.74) is 1.63. The number of aromatic hydroxyl groups is 1. The summed E-state index contributed by atoms with van der Waals surface area (Å²) in [4.78, 5) is 16.5. The van der Waals surface area contributed by atoms with Crippen LogP contribution < -0.4 is 11.1 Å². The molecule has 3 rings (SSSR count). The highest BCUT2D eigenvalue weighted by Gasteiger charge is 2.50. The van der Waals surface area contributed by atoms with Gasteiger partial charge in [-0.3, -0.25) is 4.99 Å². The van der Waals surface area contributed by atoms with E-state index in [0.717, 1.165) is 5.01 Å². The van der Waals surface area contributed by atoms with Gasteiger partial charge in [0.15, 0.2) is 0 Å². The molecule has 0 saturated carbocycles. The number of aryl methyl sites for hydroxylation is 1. The van der Waals surface area contributed by atoms with E-state index in [1.54, 1.807) is 0 Å². The van der Waals surface area contributed by atoms with Gasteiger partial charge in [0.25, 0.3) is 0 Å². The monoisotopic (exact) mass is 423 g/mol. The van der Waals surface area contributed by atoms with Gasteiger partial charge < -0.3 is 14.5 Å². The van der Waals surface area contributed by atoms with Gasteiger partial charge in [-0.2, -0.15) is 24.9 Å². The molecule has 6 nitrogen and oxygen atoms in total. The van der Waals surface area contributed by atoms with Crippen molar-refractivity contribution in [2.75, 3.05) is 19.3 Å². The highest BCUT2D eigenvalue weighted by molar-refractivity contribution is 8.00. The number of nitrogens with zero attached hydrogens (tertiary/aromatic N) is 2. The summed E-state index contributed by atoms with van der Waals surface area (Å²) in [7, 11) is 1.41. The molecule has 1 aromatic rings. The van der Waals surface area contributed by atoms with Gasteiger partial charge in [-0.05, 0) is 6.92 Å². The van der Waals surface area contributed by atoms with E-state index >= 15 is 0 Å². The number of nitrogens with one attached hydrogen (secondary N) is 1. The minimum Gasteiger partial charge on any atom is -0.507 e. The highest BCUT2D eigenvalue weighted by atomic mass is 35.5. The number of aliphatic imine (C=N–C) groups is 1. The maximum absolute atomic E-state index is 13.5. The van der Waals surface area contributed by atoms with Crippen LogP contribution in [0, 0.1) is 6.92 Å². The minimum absolute atomic E-state index is 0.0118. The Hall–Kier alpha value is -1.65. The number of alkyl halides is 3. The smallest absolute Gasteiger partial charge is 0.409 e. The standard InChI is InChI=1S/C16H17ClF3N3O3S/c1-7-5-9(24)11(15(25)26-7)8-6-10(27-4-3-21-8)12-13(16(18,19)20)22-23(2)14(12)17/h5,10,13,22,24H,3-4,6H2,1-2H3. The molecule has 0 fully saturated rings. The number of hydrogen-bond donors (Lipinski definition) is 2. The van der Waals surface area contributed by atoms with Crippen LogP contribution in [0.25, 0.3) is 0 Å². The van der Waals surface area contributed by atoms with Gasteiger partial charge >= 0.3 is 11.8 Å². The Morgan fingerprint density at radius 3 is 2.81 bits per heavy atom. The van der Waals surface area contributed by atoms with Gasteiger partial charge in [0, 0.05) is 42.7 Å². The third-order valence-corrected chi connectivity index (χ3v) is 5.99. The fourth-order valence-electron chi connectivity index (χ4n) is 3.12. The van der Waals surface area contributed by atoms with Crippen LogP contribution in [-0.2, 0) is 0 Å². The molecule has 27 heavy (non-hydrogen) atoms. The molecule has 2 N–H and O–H groups in total. The van der Waals surface area contributed by atoms with E-state index in [1.807, 2.05) is 0 Å². The molecule has 0 bridgehead atoms. The van der Waals surface area contributed by atoms with E-state index in [0.29, 0.717) is 12.3 Å². The molecule has 2 unspecified atom stereocenters. The summed E-state index contributed by atoms with van der Waals surface area (Å²) in [5.74, 6) is 0.377. The number of rotatable bonds is 2. The van der Waals surface area contributed by atoms with Crippen molar-refractivity contribution in [2.24, 2.45) is 4.99 Å². The molecule has 0 aromatic carbocycles. The first-order valence-electron chi connectivity index (χ1n) is 8.04. The molecular formula is C16H17ClF3N3O3S. The van der Waals surface area contributed by atoms with E-state index in [-0.39, 0.29) is 39.9 Å². The van der Waals surface area contributed by atoms with Crippen LogP contribution in [0.3, 0.4) is 0 Å². The summed E-state index contributed by atoms with van der Waals surface area (Å²) in [5, 5.41) is 10.6. The second-order valence-electron chi connectivity index (χ2n) is 6.21. The quantitative estimate of drug-likeness (QED) is 0.712. The van der Waals surface area contributed by atoms with Gasteiger partial charge in [0.2, 0.25) is 0 Å². The molecule has 0 aliphatic carbocycles. The van der Waals surface area contributed by atoms with Crippen molar-refractivity contribution < 1.29 is 22.7 Å². The van der Waals surface area contributed by atoms with E-state index in [9.17, 15) is 23.1 Å². The zero-order valence-corrected chi connectivity index (χ0v) is 16.0. The first-order valence-corrected chi connectivity index (χ1v) is 9.47. The van der Waals surface area contributed by atoms with Crippen molar-refractivity contribution >= 4 is 29.1 Å². The van der Waals surface area contributed by atoms with Gasteiger partial charge in [-0.25, -0.2) is 10.2 Å². The summed E-state index contributed by atoms with van der Waals surface area (Å²) < 4.78 is 45.5. The molecular weight excluding hydrogens is 407 g/mol. The van der Waals surface area contributed by atoms with Gasteiger partial charge in [0.1, 0.15) is 28.3 Å².